The molecule has 162 valence electrons. The molecule has 0 atom stereocenters. The minimum atomic E-state index is -0.337. The van der Waals surface area contributed by atoms with Crippen LogP contribution in [-0.2, 0) is 0 Å². The van der Waals surface area contributed by atoms with E-state index < -0.39 is 0 Å². The van der Waals surface area contributed by atoms with Gasteiger partial charge in [0.1, 0.15) is 5.58 Å². The van der Waals surface area contributed by atoms with Crippen LogP contribution in [0.1, 0.15) is 5.69 Å². The van der Waals surface area contributed by atoms with Crippen molar-refractivity contribution in [3.8, 4) is 22.4 Å². The van der Waals surface area contributed by atoms with Gasteiger partial charge in [0.2, 0.25) is 0 Å². The van der Waals surface area contributed by atoms with Gasteiger partial charge in [0.05, 0.1) is 16.6 Å². The first kappa shape index (κ1) is 18.9. The van der Waals surface area contributed by atoms with Crippen LogP contribution in [0, 0.1) is 6.92 Å². The van der Waals surface area contributed by atoms with Crippen LogP contribution < -0.4 is 5.63 Å². The number of benzene rings is 4. The average molecular weight is 441 g/mol. The van der Waals surface area contributed by atoms with Gasteiger partial charge in [-0.3, -0.25) is 0 Å². The second-order valence-corrected chi connectivity index (χ2v) is 8.71. The van der Waals surface area contributed by atoms with E-state index in [9.17, 15) is 4.79 Å². The smallest absolute Gasteiger partial charge is 0.346 e. The van der Waals surface area contributed by atoms with Gasteiger partial charge in [-0.1, -0.05) is 72.8 Å². The van der Waals surface area contributed by atoms with Crippen LogP contribution >= 0.6 is 0 Å². The first-order chi connectivity index (χ1) is 16.7. The molecule has 7 aromatic rings. The molecule has 0 saturated carbocycles. The number of H-pyrrole nitrogens is 2. The molecule has 0 unspecified atom stereocenters. The van der Waals surface area contributed by atoms with Crippen molar-refractivity contribution in [3.63, 3.8) is 0 Å². The number of rotatable bonds is 2. The summed E-state index contributed by atoms with van der Waals surface area (Å²) in [4.78, 5) is 20.6. The lowest BCUT2D eigenvalue weighted by molar-refractivity contribution is 0.570. The SMILES string of the molecule is Cc1[nH]c2ccccc2c1-c1c(-c2cccc3ccccc23)[nH]c2c1c(=O)oc1ccccc12. The first-order valence-corrected chi connectivity index (χ1v) is 11.3. The molecule has 0 aliphatic heterocycles. The van der Waals surface area contributed by atoms with E-state index in [1.165, 1.54) is 0 Å². The third-order valence-electron chi connectivity index (χ3n) is 6.77. The van der Waals surface area contributed by atoms with Crippen molar-refractivity contribution in [2.75, 3.05) is 0 Å². The maximum atomic E-state index is 13.5. The summed E-state index contributed by atoms with van der Waals surface area (Å²) in [6, 6.07) is 30.5. The van der Waals surface area contributed by atoms with Crippen LogP contribution in [0.15, 0.2) is 100 Å². The number of hydrogen-bond acceptors (Lipinski definition) is 2. The molecule has 0 amide bonds. The zero-order valence-corrected chi connectivity index (χ0v) is 18.5. The fraction of sp³-hybridized carbons (Fsp3) is 0.0333. The minimum Gasteiger partial charge on any atom is -0.422 e. The zero-order chi connectivity index (χ0) is 22.8. The highest BCUT2D eigenvalue weighted by atomic mass is 16.4. The molecule has 0 bridgehead atoms. The Balaban J connectivity index is 1.73. The molecule has 0 radical (unpaired) electrons. The lowest BCUT2D eigenvalue weighted by Gasteiger charge is -2.09. The topological polar surface area (TPSA) is 61.8 Å². The Kier molecular flexibility index (Phi) is 3.88. The predicted molar refractivity (Wildman–Crippen MR) is 139 cm³/mol. The Morgan fingerprint density at radius 2 is 1.38 bits per heavy atom. The molecule has 0 aliphatic carbocycles. The molecular weight excluding hydrogens is 420 g/mol. The van der Waals surface area contributed by atoms with Crippen molar-refractivity contribution in [2.24, 2.45) is 0 Å². The third kappa shape index (κ3) is 2.57. The van der Waals surface area contributed by atoms with Gasteiger partial charge in [0.15, 0.2) is 0 Å². The van der Waals surface area contributed by atoms with Crippen molar-refractivity contribution in [1.29, 1.82) is 0 Å². The highest BCUT2D eigenvalue weighted by Crippen LogP contribution is 2.44. The van der Waals surface area contributed by atoms with Crippen LogP contribution in [0.4, 0.5) is 0 Å². The van der Waals surface area contributed by atoms with Gasteiger partial charge in [0, 0.05) is 38.7 Å². The van der Waals surface area contributed by atoms with Crippen LogP contribution in [0.3, 0.4) is 0 Å². The Bertz CT molecular complexity index is 1950. The summed E-state index contributed by atoms with van der Waals surface area (Å²) in [7, 11) is 0. The van der Waals surface area contributed by atoms with E-state index in [4.69, 9.17) is 4.42 Å². The third-order valence-corrected chi connectivity index (χ3v) is 6.77. The van der Waals surface area contributed by atoms with Gasteiger partial charge in [-0.25, -0.2) is 4.79 Å². The zero-order valence-electron chi connectivity index (χ0n) is 18.5. The van der Waals surface area contributed by atoms with Crippen LogP contribution in [0.2, 0.25) is 0 Å². The molecule has 4 nitrogen and oxygen atoms in total. The molecule has 34 heavy (non-hydrogen) atoms. The second-order valence-electron chi connectivity index (χ2n) is 8.71. The summed E-state index contributed by atoms with van der Waals surface area (Å²) in [5.74, 6) is 0. The van der Waals surface area contributed by atoms with Crippen molar-refractivity contribution in [2.45, 2.75) is 6.92 Å². The second kappa shape index (κ2) is 6.96. The number of nitrogens with one attached hydrogen (secondary N) is 2. The molecule has 3 aromatic heterocycles. The molecule has 7 rings (SSSR count). The monoisotopic (exact) mass is 440 g/mol. The molecule has 3 heterocycles. The van der Waals surface area contributed by atoms with Gasteiger partial charge in [-0.15, -0.1) is 0 Å². The normalized spacial score (nSPS) is 11.8. The van der Waals surface area contributed by atoms with Crippen molar-refractivity contribution in [1.82, 2.24) is 9.97 Å². The standard InChI is InChI=1S/C30H20N2O2/c1-17-25(21-12-4-6-15-23(21)31-17)26-27-29(22-13-5-7-16-24(22)34-30(27)33)32-28(26)20-14-8-10-18-9-2-3-11-19(18)20/h2-16,31-32H,1H3. The van der Waals surface area contributed by atoms with Gasteiger partial charge >= 0.3 is 5.63 Å². The summed E-state index contributed by atoms with van der Waals surface area (Å²) in [6.07, 6.45) is 0. The number of aromatic amines is 2. The summed E-state index contributed by atoms with van der Waals surface area (Å²) >= 11 is 0. The first-order valence-electron chi connectivity index (χ1n) is 11.3. The van der Waals surface area contributed by atoms with Crippen LogP contribution in [0.25, 0.3) is 65.9 Å². The quantitative estimate of drug-likeness (QED) is 0.273. The van der Waals surface area contributed by atoms with E-state index in [-0.39, 0.29) is 5.63 Å². The van der Waals surface area contributed by atoms with E-state index in [2.05, 4.69) is 65.4 Å². The molecule has 0 aliphatic rings. The number of para-hydroxylation sites is 2. The Labute approximate surface area is 194 Å². The van der Waals surface area contributed by atoms with Crippen molar-refractivity contribution in [3.05, 3.63) is 107 Å². The highest BCUT2D eigenvalue weighted by molar-refractivity contribution is 6.17. The molecule has 4 aromatic carbocycles. The molecule has 4 heteroatoms. The van der Waals surface area contributed by atoms with Gasteiger partial charge in [0.25, 0.3) is 0 Å². The molecule has 0 spiro atoms. The van der Waals surface area contributed by atoms with E-state index in [0.717, 1.165) is 60.7 Å². The van der Waals surface area contributed by atoms with Gasteiger partial charge in [-0.05, 0) is 35.9 Å². The molecule has 0 saturated heterocycles. The van der Waals surface area contributed by atoms with Gasteiger partial charge in [-0.2, -0.15) is 0 Å². The molecular formula is C30H20N2O2. The van der Waals surface area contributed by atoms with Gasteiger partial charge < -0.3 is 14.4 Å². The van der Waals surface area contributed by atoms with Crippen molar-refractivity contribution < 1.29 is 4.42 Å². The minimum absolute atomic E-state index is 0.337. The van der Waals surface area contributed by atoms with Crippen LogP contribution in [0.5, 0.6) is 0 Å². The fourth-order valence-corrected chi connectivity index (χ4v) is 5.31. The van der Waals surface area contributed by atoms with Crippen molar-refractivity contribution >= 4 is 43.5 Å². The number of aromatic nitrogens is 2. The van der Waals surface area contributed by atoms with E-state index >= 15 is 0 Å². The van der Waals surface area contributed by atoms with E-state index in [1.54, 1.807) is 0 Å². The highest BCUT2D eigenvalue weighted by Gasteiger charge is 2.25. The number of fused-ring (bicyclic) bond motifs is 5. The lowest BCUT2D eigenvalue weighted by Crippen LogP contribution is -2.00. The summed E-state index contributed by atoms with van der Waals surface area (Å²) in [5.41, 5.74) is 6.96. The Hall–Kier alpha value is -4.57. The Morgan fingerprint density at radius 3 is 2.26 bits per heavy atom. The average Bonchev–Trinajstić information content (AvgIpc) is 3.41. The van der Waals surface area contributed by atoms with Crippen LogP contribution in [-0.4, -0.2) is 9.97 Å². The largest absolute Gasteiger partial charge is 0.422 e. The van der Waals surface area contributed by atoms with E-state index in [0.29, 0.717) is 11.0 Å². The molecule has 0 fully saturated rings. The lowest BCUT2D eigenvalue weighted by atomic mass is 9.94. The molecule has 2 N–H and O–H groups in total. The summed E-state index contributed by atoms with van der Waals surface area (Å²) in [5, 5.41) is 4.83. The maximum Gasteiger partial charge on any atom is 0.346 e. The number of aryl methyl sites for hydroxylation is 1. The summed E-state index contributed by atoms with van der Waals surface area (Å²) in [6.45, 7) is 2.06. The van der Waals surface area contributed by atoms with E-state index in [1.807, 2.05) is 42.5 Å². The number of hydrogen-bond donors (Lipinski definition) is 2. The maximum absolute atomic E-state index is 13.5. The fourth-order valence-electron chi connectivity index (χ4n) is 5.31. The predicted octanol–water partition coefficient (Wildman–Crippen LogP) is 7.55. The Morgan fingerprint density at radius 1 is 0.676 bits per heavy atom. The summed E-state index contributed by atoms with van der Waals surface area (Å²) < 4.78 is 5.82.